The number of hydrogen-bond acceptors (Lipinski definition) is 3. The van der Waals surface area contributed by atoms with Gasteiger partial charge in [-0.3, -0.25) is 4.98 Å². The minimum absolute atomic E-state index is 0.507. The van der Waals surface area contributed by atoms with E-state index < -0.39 is 0 Å². The number of hydrogen-bond donors (Lipinski definition) is 0. The maximum atomic E-state index is 6.04. The van der Waals surface area contributed by atoms with Gasteiger partial charge in [0.05, 0.1) is 0 Å². The molecule has 0 aliphatic rings. The van der Waals surface area contributed by atoms with Gasteiger partial charge >= 0.3 is 0 Å². The van der Waals surface area contributed by atoms with Crippen LogP contribution in [0.1, 0.15) is 22.3 Å². The topological polar surface area (TPSA) is 31.4 Å². The van der Waals surface area contributed by atoms with Gasteiger partial charge in [0.15, 0.2) is 0 Å². The normalized spacial score (nSPS) is 10.5. The lowest BCUT2D eigenvalue weighted by Gasteiger charge is -2.12. The number of ether oxygens (including phenoxy) is 2. The van der Waals surface area contributed by atoms with Crippen LogP contribution in [0.5, 0.6) is 11.5 Å². The summed E-state index contributed by atoms with van der Waals surface area (Å²) in [5, 5.41) is 0. The van der Waals surface area contributed by atoms with Crippen molar-refractivity contribution in [1.29, 1.82) is 0 Å². The summed E-state index contributed by atoms with van der Waals surface area (Å²) >= 11 is 0. The van der Waals surface area contributed by atoms with Crippen LogP contribution in [-0.2, 0) is 13.2 Å². The molecule has 0 amide bonds. The number of nitrogens with zero attached hydrogens (tertiary/aromatic N) is 1. The predicted molar refractivity (Wildman–Crippen MR) is 115 cm³/mol. The lowest BCUT2D eigenvalue weighted by Crippen LogP contribution is -1.98. The summed E-state index contributed by atoms with van der Waals surface area (Å²) < 4.78 is 11.9. The van der Waals surface area contributed by atoms with Crippen LogP contribution in [0.25, 0.3) is 0 Å². The molecule has 1 heterocycles. The van der Waals surface area contributed by atoms with Crippen molar-refractivity contribution >= 4 is 0 Å². The molecule has 3 nitrogen and oxygen atoms in total. The molecule has 0 saturated carbocycles. The van der Waals surface area contributed by atoms with Crippen molar-refractivity contribution in [2.24, 2.45) is 0 Å². The van der Waals surface area contributed by atoms with E-state index in [-0.39, 0.29) is 0 Å². The van der Waals surface area contributed by atoms with Crippen LogP contribution < -0.4 is 9.47 Å². The molecule has 4 rings (SSSR count). The molecule has 4 aromatic rings. The van der Waals surface area contributed by atoms with Crippen LogP contribution >= 0.6 is 0 Å². The van der Waals surface area contributed by atoms with Gasteiger partial charge in [0.2, 0.25) is 0 Å². The summed E-state index contributed by atoms with van der Waals surface area (Å²) in [5.74, 6) is 1.70. The third-order valence-corrected chi connectivity index (χ3v) is 4.49. The van der Waals surface area contributed by atoms with Crippen LogP contribution in [0.15, 0.2) is 103 Å². The Morgan fingerprint density at radius 3 is 2.17 bits per heavy atom. The van der Waals surface area contributed by atoms with Gasteiger partial charge in [-0.1, -0.05) is 66.7 Å². The Morgan fingerprint density at radius 1 is 0.655 bits per heavy atom. The average molecular weight is 380 g/mol. The second kappa shape index (κ2) is 9.56. The Hall–Kier alpha value is -3.59. The fourth-order valence-corrected chi connectivity index (χ4v) is 2.96. The molecule has 3 aromatic carbocycles. The molecule has 0 spiro atoms. The van der Waals surface area contributed by atoms with Gasteiger partial charge in [-0.2, -0.15) is 0 Å². The number of aromatic nitrogens is 1. The van der Waals surface area contributed by atoms with Crippen LogP contribution in [0.2, 0.25) is 0 Å². The van der Waals surface area contributed by atoms with Crippen molar-refractivity contribution in [3.8, 4) is 11.5 Å². The Balaban J connectivity index is 1.37. The smallest absolute Gasteiger partial charge is 0.123 e. The fourth-order valence-electron chi connectivity index (χ4n) is 2.96. The third kappa shape index (κ3) is 5.45. The Labute approximate surface area is 171 Å². The minimum Gasteiger partial charge on any atom is -0.489 e. The van der Waals surface area contributed by atoms with Crippen molar-refractivity contribution in [2.75, 3.05) is 0 Å². The van der Waals surface area contributed by atoms with Gasteiger partial charge in [-0.15, -0.1) is 0 Å². The monoisotopic (exact) mass is 380 g/mol. The van der Waals surface area contributed by atoms with E-state index in [1.807, 2.05) is 79.0 Å². The molecule has 1 radical (unpaired) electrons. The highest BCUT2D eigenvalue weighted by molar-refractivity contribution is 5.46. The van der Waals surface area contributed by atoms with Crippen molar-refractivity contribution < 1.29 is 9.47 Å². The van der Waals surface area contributed by atoms with Crippen molar-refractivity contribution in [2.45, 2.75) is 13.2 Å². The van der Waals surface area contributed by atoms with E-state index in [1.54, 1.807) is 6.20 Å². The highest BCUT2D eigenvalue weighted by Gasteiger charge is 2.06. The number of benzene rings is 3. The first kappa shape index (κ1) is 18.8. The number of para-hydroxylation sites is 1. The zero-order valence-corrected chi connectivity index (χ0v) is 16.1. The van der Waals surface area contributed by atoms with Gasteiger partial charge in [0.25, 0.3) is 0 Å². The molecular formula is C26H22NO2. The molecule has 29 heavy (non-hydrogen) atoms. The van der Waals surface area contributed by atoms with E-state index >= 15 is 0 Å². The molecule has 1 aromatic heterocycles. The first-order valence-electron chi connectivity index (χ1n) is 9.59. The molecule has 0 aliphatic heterocycles. The van der Waals surface area contributed by atoms with Crippen LogP contribution in [0.3, 0.4) is 0 Å². The standard InChI is InChI=1S/C26H22NO2/c1-2-7-22(8-3-1)19-29-26-11-5-4-10-24(26)17-21-12-14-25(15-13-21)28-20-23-9-6-16-27-18-23/h1-18H,19-20H2. The highest BCUT2D eigenvalue weighted by atomic mass is 16.5. The predicted octanol–water partition coefficient (Wildman–Crippen LogP) is 5.84. The fraction of sp³-hybridized carbons (Fsp3) is 0.0769. The van der Waals surface area contributed by atoms with Gasteiger partial charge in [-0.05, 0) is 35.4 Å². The molecule has 0 saturated heterocycles. The molecule has 3 heteroatoms. The lowest BCUT2D eigenvalue weighted by atomic mass is 10.0. The first-order valence-corrected chi connectivity index (χ1v) is 9.59. The van der Waals surface area contributed by atoms with E-state index in [2.05, 4.69) is 29.6 Å². The molecule has 0 aliphatic carbocycles. The average Bonchev–Trinajstić information content (AvgIpc) is 2.79. The van der Waals surface area contributed by atoms with Crippen molar-refractivity contribution in [3.63, 3.8) is 0 Å². The summed E-state index contributed by atoms with van der Waals surface area (Å²) in [6.07, 6.45) is 5.69. The molecule has 0 fully saturated rings. The molecular weight excluding hydrogens is 358 g/mol. The van der Waals surface area contributed by atoms with E-state index in [4.69, 9.17) is 9.47 Å². The van der Waals surface area contributed by atoms with E-state index in [9.17, 15) is 0 Å². The maximum absolute atomic E-state index is 6.04. The zero-order chi connectivity index (χ0) is 19.7. The summed E-state index contributed by atoms with van der Waals surface area (Å²) in [7, 11) is 0. The summed E-state index contributed by atoms with van der Waals surface area (Å²) in [4.78, 5) is 4.10. The number of rotatable bonds is 8. The molecule has 0 unspecified atom stereocenters. The Bertz CT molecular complexity index is 1020. The van der Waals surface area contributed by atoms with Crippen LogP contribution in [0.4, 0.5) is 0 Å². The van der Waals surface area contributed by atoms with E-state index in [0.29, 0.717) is 13.2 Å². The van der Waals surface area contributed by atoms with Crippen LogP contribution in [-0.4, -0.2) is 4.98 Å². The molecule has 0 N–H and O–H groups in total. The molecule has 0 atom stereocenters. The maximum Gasteiger partial charge on any atom is 0.123 e. The Morgan fingerprint density at radius 2 is 1.38 bits per heavy atom. The molecule has 0 bridgehead atoms. The van der Waals surface area contributed by atoms with Crippen molar-refractivity contribution in [1.82, 2.24) is 4.98 Å². The third-order valence-electron chi connectivity index (χ3n) is 4.49. The highest BCUT2D eigenvalue weighted by Crippen LogP contribution is 2.25. The van der Waals surface area contributed by atoms with Gasteiger partial charge in [0.1, 0.15) is 24.7 Å². The number of pyridine rings is 1. The lowest BCUT2D eigenvalue weighted by molar-refractivity contribution is 0.304. The van der Waals surface area contributed by atoms with E-state index in [0.717, 1.165) is 33.8 Å². The quantitative estimate of drug-likeness (QED) is 0.385. The Kier molecular flexibility index (Phi) is 6.18. The van der Waals surface area contributed by atoms with Crippen LogP contribution in [0, 0.1) is 6.42 Å². The van der Waals surface area contributed by atoms with Gasteiger partial charge < -0.3 is 9.47 Å². The van der Waals surface area contributed by atoms with Gasteiger partial charge in [0, 0.05) is 29.9 Å². The second-order valence-electron chi connectivity index (χ2n) is 6.68. The molecule has 143 valence electrons. The van der Waals surface area contributed by atoms with Crippen molar-refractivity contribution in [3.05, 3.63) is 132 Å². The SMILES string of the molecule is [CH](c1ccc(OCc2cccnc2)cc1)c1ccccc1OCc1ccccc1. The second-order valence-corrected chi connectivity index (χ2v) is 6.68. The minimum atomic E-state index is 0.507. The van der Waals surface area contributed by atoms with Gasteiger partial charge in [-0.25, -0.2) is 0 Å². The van der Waals surface area contributed by atoms with E-state index in [1.165, 1.54) is 0 Å². The summed E-state index contributed by atoms with van der Waals surface area (Å²) in [6.45, 7) is 1.06. The zero-order valence-electron chi connectivity index (χ0n) is 16.1. The summed E-state index contributed by atoms with van der Waals surface area (Å²) in [6, 6.07) is 30.2. The first-order chi connectivity index (χ1) is 14.4. The largest absolute Gasteiger partial charge is 0.489 e. The summed E-state index contributed by atoms with van der Waals surface area (Å²) in [5.41, 5.74) is 4.34.